The van der Waals surface area contributed by atoms with Gasteiger partial charge in [0.2, 0.25) is 0 Å². The Morgan fingerprint density at radius 3 is 1.82 bits per heavy atom. The molecular formula is C6H11ClN4. The number of rotatable bonds is 1. The van der Waals surface area contributed by atoms with Gasteiger partial charge < -0.3 is 12.4 Å². The van der Waals surface area contributed by atoms with Crippen LogP contribution >= 0.6 is 0 Å². The molecule has 11 heavy (non-hydrogen) atoms. The van der Waals surface area contributed by atoms with Crippen LogP contribution in [-0.2, 0) is 0 Å². The van der Waals surface area contributed by atoms with Crippen LogP contribution in [0.5, 0.6) is 0 Å². The summed E-state index contributed by atoms with van der Waals surface area (Å²) >= 11 is 0. The standard InChI is InChI=1S/C6H11N4.ClH/c1-10(2,3)6-8-4-7-5-9-6;/h4-5H,1-3H3;1H/q+1;/p-1. The first-order chi connectivity index (χ1) is 4.61. The van der Waals surface area contributed by atoms with Crippen molar-refractivity contribution in [2.45, 2.75) is 0 Å². The third kappa shape index (κ3) is 2.78. The molecule has 62 valence electrons. The molecule has 0 N–H and O–H groups in total. The minimum absolute atomic E-state index is 0. The maximum absolute atomic E-state index is 4.00. The number of aromatic nitrogens is 3. The van der Waals surface area contributed by atoms with Gasteiger partial charge in [-0.1, -0.05) is 0 Å². The molecule has 1 rings (SSSR count). The van der Waals surface area contributed by atoms with Gasteiger partial charge in [0.15, 0.2) is 0 Å². The molecule has 0 amide bonds. The molecule has 0 aliphatic carbocycles. The van der Waals surface area contributed by atoms with Crippen LogP contribution in [0.25, 0.3) is 0 Å². The third-order valence-corrected chi connectivity index (χ3v) is 1.08. The molecule has 0 saturated heterocycles. The van der Waals surface area contributed by atoms with E-state index in [0.717, 1.165) is 5.95 Å². The molecule has 0 atom stereocenters. The fourth-order valence-corrected chi connectivity index (χ4v) is 0.580. The van der Waals surface area contributed by atoms with Crippen LogP contribution in [-0.4, -0.2) is 36.1 Å². The summed E-state index contributed by atoms with van der Waals surface area (Å²) in [6.07, 6.45) is 3.01. The average Bonchev–Trinajstić information content (AvgIpc) is 1.88. The second-order valence-electron chi connectivity index (χ2n) is 2.95. The summed E-state index contributed by atoms with van der Waals surface area (Å²) in [5.41, 5.74) is 0. The minimum atomic E-state index is 0. The van der Waals surface area contributed by atoms with E-state index in [1.807, 2.05) is 21.1 Å². The maximum Gasteiger partial charge on any atom is 0.331 e. The zero-order valence-corrected chi connectivity index (χ0v) is 7.58. The van der Waals surface area contributed by atoms with Gasteiger partial charge in [-0.2, -0.15) is 9.97 Å². The second kappa shape index (κ2) is 3.59. The van der Waals surface area contributed by atoms with Crippen molar-refractivity contribution >= 4 is 5.95 Å². The van der Waals surface area contributed by atoms with E-state index in [4.69, 9.17) is 0 Å². The van der Waals surface area contributed by atoms with E-state index in [0.29, 0.717) is 4.48 Å². The molecule has 0 fully saturated rings. The zero-order valence-electron chi connectivity index (χ0n) is 6.82. The van der Waals surface area contributed by atoms with Gasteiger partial charge in [-0.05, 0) is 0 Å². The number of halogens is 1. The van der Waals surface area contributed by atoms with E-state index in [1.54, 1.807) is 0 Å². The topological polar surface area (TPSA) is 38.7 Å². The quantitative estimate of drug-likeness (QED) is 0.428. The normalized spacial score (nSPS) is 10.5. The van der Waals surface area contributed by atoms with Crippen molar-refractivity contribution in [3.8, 4) is 0 Å². The Kier molecular flexibility index (Phi) is 3.35. The lowest BCUT2D eigenvalue weighted by atomic mass is 10.6. The summed E-state index contributed by atoms with van der Waals surface area (Å²) < 4.78 is 0.628. The average molecular weight is 175 g/mol. The van der Waals surface area contributed by atoms with Gasteiger partial charge in [-0.25, -0.2) is 4.98 Å². The molecule has 1 heterocycles. The largest absolute Gasteiger partial charge is 1.00 e. The van der Waals surface area contributed by atoms with Crippen LogP contribution in [0.15, 0.2) is 12.7 Å². The van der Waals surface area contributed by atoms with Crippen LogP contribution in [0, 0.1) is 0 Å². The van der Waals surface area contributed by atoms with Gasteiger partial charge in [0.1, 0.15) is 12.7 Å². The minimum Gasteiger partial charge on any atom is -1.00 e. The van der Waals surface area contributed by atoms with Crippen LogP contribution in [0.1, 0.15) is 0 Å². The van der Waals surface area contributed by atoms with E-state index < -0.39 is 0 Å². The van der Waals surface area contributed by atoms with Crippen LogP contribution < -0.4 is 16.9 Å². The lowest BCUT2D eigenvalue weighted by Crippen LogP contribution is -3.00. The molecule has 5 heteroatoms. The molecule has 0 spiro atoms. The third-order valence-electron chi connectivity index (χ3n) is 1.08. The number of hydrogen-bond acceptors (Lipinski definition) is 3. The Morgan fingerprint density at radius 1 is 1.09 bits per heavy atom. The van der Waals surface area contributed by atoms with Crippen LogP contribution in [0.3, 0.4) is 0 Å². The predicted molar refractivity (Wildman–Crippen MR) is 39.4 cm³/mol. The molecule has 1 aromatic rings. The van der Waals surface area contributed by atoms with E-state index in [1.165, 1.54) is 12.7 Å². The molecule has 0 unspecified atom stereocenters. The van der Waals surface area contributed by atoms with E-state index in [2.05, 4.69) is 15.0 Å². The number of quaternary nitrogens is 1. The summed E-state index contributed by atoms with van der Waals surface area (Å²) in [6.45, 7) is 0. The van der Waals surface area contributed by atoms with Gasteiger partial charge >= 0.3 is 5.95 Å². The number of nitrogens with zero attached hydrogens (tertiary/aromatic N) is 4. The molecule has 4 nitrogen and oxygen atoms in total. The first-order valence-electron chi connectivity index (χ1n) is 3.05. The zero-order chi connectivity index (χ0) is 7.61. The van der Waals surface area contributed by atoms with Crippen molar-refractivity contribution in [1.29, 1.82) is 0 Å². The number of hydrogen-bond donors (Lipinski definition) is 0. The maximum atomic E-state index is 4.00. The monoisotopic (exact) mass is 174 g/mol. The Hall–Kier alpha value is -0.740. The van der Waals surface area contributed by atoms with Crippen LogP contribution in [0.2, 0.25) is 0 Å². The van der Waals surface area contributed by atoms with E-state index in [9.17, 15) is 0 Å². The highest BCUT2D eigenvalue weighted by Crippen LogP contribution is 2.04. The van der Waals surface area contributed by atoms with Crippen molar-refractivity contribution in [3.05, 3.63) is 12.7 Å². The lowest BCUT2D eigenvalue weighted by Gasteiger charge is -2.18. The highest BCUT2D eigenvalue weighted by molar-refractivity contribution is 5.17. The van der Waals surface area contributed by atoms with Crippen molar-refractivity contribution < 1.29 is 12.4 Å². The molecule has 0 bridgehead atoms. The van der Waals surface area contributed by atoms with Gasteiger partial charge in [-0.15, -0.1) is 0 Å². The fourth-order valence-electron chi connectivity index (χ4n) is 0.580. The summed E-state index contributed by atoms with van der Waals surface area (Å²) in [7, 11) is 6.03. The van der Waals surface area contributed by atoms with Crippen LogP contribution in [0.4, 0.5) is 5.95 Å². The molecule has 0 aromatic carbocycles. The highest BCUT2D eigenvalue weighted by atomic mass is 35.5. The molecule has 0 aliphatic heterocycles. The molecule has 0 saturated carbocycles. The van der Waals surface area contributed by atoms with Crippen molar-refractivity contribution in [1.82, 2.24) is 19.4 Å². The van der Waals surface area contributed by atoms with Gasteiger partial charge in [0.05, 0.1) is 21.1 Å². The Balaban J connectivity index is 0.000001000. The Labute approximate surface area is 72.3 Å². The fraction of sp³-hybridized carbons (Fsp3) is 0.500. The van der Waals surface area contributed by atoms with E-state index in [-0.39, 0.29) is 12.4 Å². The summed E-state index contributed by atoms with van der Waals surface area (Å²) in [6, 6.07) is 0. The smallest absolute Gasteiger partial charge is 0.331 e. The first-order valence-corrected chi connectivity index (χ1v) is 3.05. The SMILES string of the molecule is C[N+](C)(C)c1ncncn1.[Cl-]. The first kappa shape index (κ1) is 10.3. The van der Waals surface area contributed by atoms with Gasteiger partial charge in [0, 0.05) is 0 Å². The summed E-state index contributed by atoms with van der Waals surface area (Å²) in [5.74, 6) is 0.773. The van der Waals surface area contributed by atoms with Gasteiger partial charge in [0.25, 0.3) is 0 Å². The lowest BCUT2D eigenvalue weighted by molar-refractivity contribution is -0.00000258. The summed E-state index contributed by atoms with van der Waals surface area (Å²) in [5, 5.41) is 0. The second-order valence-corrected chi connectivity index (χ2v) is 2.95. The highest BCUT2D eigenvalue weighted by Gasteiger charge is 2.13. The molecular weight excluding hydrogens is 164 g/mol. The van der Waals surface area contributed by atoms with Crippen molar-refractivity contribution in [3.63, 3.8) is 0 Å². The molecule has 0 aliphatic rings. The Morgan fingerprint density at radius 2 is 1.55 bits per heavy atom. The van der Waals surface area contributed by atoms with Gasteiger partial charge in [-0.3, -0.25) is 4.48 Å². The predicted octanol–water partition coefficient (Wildman–Crippen LogP) is -2.93. The van der Waals surface area contributed by atoms with E-state index >= 15 is 0 Å². The Bertz CT molecular complexity index is 206. The molecule has 0 radical (unpaired) electrons. The van der Waals surface area contributed by atoms with Crippen molar-refractivity contribution in [2.24, 2.45) is 0 Å². The molecule has 1 aromatic heterocycles. The summed E-state index contributed by atoms with van der Waals surface area (Å²) in [4.78, 5) is 11.7. The van der Waals surface area contributed by atoms with Crippen molar-refractivity contribution in [2.75, 3.05) is 21.1 Å².